The van der Waals surface area contributed by atoms with E-state index in [0.29, 0.717) is 4.90 Å². The van der Waals surface area contributed by atoms with Gasteiger partial charge in [0.1, 0.15) is 0 Å². The number of hydrogen-bond acceptors (Lipinski definition) is 2. The first-order valence-corrected chi connectivity index (χ1v) is 4.31. The summed E-state index contributed by atoms with van der Waals surface area (Å²) < 4.78 is 16.8. The predicted molar refractivity (Wildman–Crippen MR) is 34.0 cm³/mol. The third-order valence-electron chi connectivity index (χ3n) is 1.03. The molecule has 0 unspecified atom stereocenters. The van der Waals surface area contributed by atoms with Gasteiger partial charge >= 0.3 is 78.9 Å². The van der Waals surface area contributed by atoms with Gasteiger partial charge in [-0.15, -0.1) is 0 Å². The van der Waals surface area contributed by atoms with Crippen molar-refractivity contribution >= 4 is 12.1 Å². The molecule has 0 saturated heterocycles. The number of rotatable bonds is 2. The third kappa shape index (κ3) is 2.10. The zero-order chi connectivity index (χ0) is 7.40. The second kappa shape index (κ2) is 4.14. The van der Waals surface area contributed by atoms with E-state index in [1.807, 2.05) is 0 Å². The summed E-state index contributed by atoms with van der Waals surface area (Å²) in [5.74, 6) is 0.788. The molecule has 4 heteroatoms. The van der Waals surface area contributed by atoms with Crippen molar-refractivity contribution in [2.24, 2.45) is 0 Å². The van der Waals surface area contributed by atoms with Crippen molar-refractivity contribution in [3.8, 4) is 5.75 Å². The molecule has 0 heterocycles. The van der Waals surface area contributed by atoms with Crippen LogP contribution in [-0.2, 0) is 25.2 Å². The van der Waals surface area contributed by atoms with Gasteiger partial charge in [-0.2, -0.15) is 0 Å². The fourth-order valence-corrected chi connectivity index (χ4v) is 1.13. The molecule has 0 saturated carbocycles. The molecule has 0 spiro atoms. The van der Waals surface area contributed by atoms with Crippen LogP contribution in [0, 0.1) is 0 Å². The van der Waals surface area contributed by atoms with Crippen LogP contribution in [-0.4, -0.2) is 0 Å². The Hall–Kier alpha value is 0.183. The summed E-state index contributed by atoms with van der Waals surface area (Å²) in [5, 5.41) is 0. The molecule has 0 aliphatic heterocycles. The van der Waals surface area contributed by atoms with Gasteiger partial charge in [-0.1, -0.05) is 0 Å². The summed E-state index contributed by atoms with van der Waals surface area (Å²) in [6.07, 6.45) is 0. The van der Waals surface area contributed by atoms with Crippen molar-refractivity contribution in [2.75, 3.05) is 0 Å². The maximum absolute atomic E-state index is 11.8. The van der Waals surface area contributed by atoms with Crippen LogP contribution in [0.5, 0.6) is 5.75 Å². The molecule has 0 amide bonds. The summed E-state index contributed by atoms with van der Waals surface area (Å²) in [6, 6.07) is 6.86. The van der Waals surface area contributed by atoms with Crippen molar-refractivity contribution in [3.05, 3.63) is 24.3 Å². The normalized spacial score (nSPS) is 9.20. The molecule has 10 heavy (non-hydrogen) atoms. The Balaban J connectivity index is 2.80. The van der Waals surface area contributed by atoms with Gasteiger partial charge in [0.05, 0.1) is 0 Å². The zero-order valence-corrected chi connectivity index (χ0v) is 8.28. The Morgan fingerprint density at radius 2 is 1.90 bits per heavy atom. The molecular weight excluding hydrogens is 230 g/mol. The monoisotopic (exact) mass is 233 g/mol. The van der Waals surface area contributed by atoms with Crippen LogP contribution < -0.4 is 2.81 Å². The molecule has 1 rings (SSSR count). The van der Waals surface area contributed by atoms with E-state index in [0.717, 1.165) is 30.9 Å². The number of halogens is 1. The summed E-state index contributed by atoms with van der Waals surface area (Å²) in [5.41, 5.74) is 0. The summed E-state index contributed by atoms with van der Waals surface area (Å²) in [7, 11) is 0. The summed E-state index contributed by atoms with van der Waals surface area (Å²) >= 11 is 1.23. The first-order valence-electron chi connectivity index (χ1n) is 2.59. The third-order valence-corrected chi connectivity index (χ3v) is 2.06. The molecule has 0 fully saturated rings. The molecule has 51 valence electrons. The summed E-state index contributed by atoms with van der Waals surface area (Å²) in [6.45, 7) is 0. The first-order chi connectivity index (χ1) is 4.86. The minimum absolute atomic E-state index is 0.240. The second-order valence-corrected chi connectivity index (χ2v) is 2.78. The Morgan fingerprint density at radius 3 is 2.30 bits per heavy atom. The Bertz CT molecular complexity index is 178. The van der Waals surface area contributed by atoms with Crippen molar-refractivity contribution in [1.82, 2.24) is 0 Å². The molecule has 0 aliphatic rings. The van der Waals surface area contributed by atoms with Gasteiger partial charge in [0.25, 0.3) is 0 Å². The van der Waals surface area contributed by atoms with Gasteiger partial charge in [0.15, 0.2) is 0 Å². The Labute approximate surface area is 78.7 Å². The van der Waals surface area contributed by atoms with Gasteiger partial charge < -0.3 is 0 Å². The molecular formula is C6H4FOSZr. The van der Waals surface area contributed by atoms with Crippen molar-refractivity contribution < 1.29 is 31.9 Å². The maximum atomic E-state index is 11.8. The van der Waals surface area contributed by atoms with Crippen LogP contribution in [0.25, 0.3) is 0 Å². The van der Waals surface area contributed by atoms with Crippen LogP contribution in [0.15, 0.2) is 29.2 Å². The van der Waals surface area contributed by atoms with E-state index in [1.165, 1.54) is 0 Å². The number of benzene rings is 1. The SMILES string of the molecule is FSc1ccc([O][Zr])cc1. The second-order valence-electron chi connectivity index (χ2n) is 1.65. The van der Waals surface area contributed by atoms with Gasteiger partial charge in [-0.05, 0) is 0 Å². The van der Waals surface area contributed by atoms with Crippen LogP contribution in [0.2, 0.25) is 0 Å². The average molecular weight is 234 g/mol. The molecule has 0 radical (unpaired) electrons. The molecule has 0 atom stereocenters. The minimum atomic E-state index is 0.240. The number of hydrogen-bond donors (Lipinski definition) is 0. The predicted octanol–water partition coefficient (Wildman–Crippen LogP) is 2.50. The van der Waals surface area contributed by atoms with Crippen molar-refractivity contribution in [2.45, 2.75) is 4.90 Å². The zero-order valence-electron chi connectivity index (χ0n) is 5.00. The Kier molecular flexibility index (Phi) is 3.43. The first kappa shape index (κ1) is 8.28. The van der Waals surface area contributed by atoms with E-state index in [-0.39, 0.29) is 12.1 Å². The van der Waals surface area contributed by atoms with E-state index in [1.54, 1.807) is 24.3 Å². The van der Waals surface area contributed by atoms with E-state index in [2.05, 4.69) is 0 Å². The average Bonchev–Trinajstić information content (AvgIpc) is 2.05. The molecule has 1 aromatic rings. The van der Waals surface area contributed by atoms with Gasteiger partial charge in [0.2, 0.25) is 0 Å². The topological polar surface area (TPSA) is 9.23 Å². The van der Waals surface area contributed by atoms with Crippen LogP contribution in [0.1, 0.15) is 0 Å². The quantitative estimate of drug-likeness (QED) is 0.777. The van der Waals surface area contributed by atoms with E-state index < -0.39 is 0 Å². The van der Waals surface area contributed by atoms with E-state index in [4.69, 9.17) is 2.81 Å². The summed E-state index contributed by atoms with van der Waals surface area (Å²) in [4.78, 5) is 0.608. The van der Waals surface area contributed by atoms with Gasteiger partial charge in [0, 0.05) is 0 Å². The molecule has 0 aromatic heterocycles. The van der Waals surface area contributed by atoms with Crippen molar-refractivity contribution in [1.29, 1.82) is 0 Å². The van der Waals surface area contributed by atoms with Crippen LogP contribution >= 0.6 is 12.1 Å². The van der Waals surface area contributed by atoms with Crippen LogP contribution in [0.4, 0.5) is 3.89 Å². The molecule has 0 N–H and O–H groups in total. The van der Waals surface area contributed by atoms with Crippen molar-refractivity contribution in [3.63, 3.8) is 0 Å². The fraction of sp³-hybridized carbons (Fsp3) is 0. The molecule has 1 nitrogen and oxygen atoms in total. The fourth-order valence-electron chi connectivity index (χ4n) is 0.559. The van der Waals surface area contributed by atoms with Crippen LogP contribution in [0.3, 0.4) is 0 Å². The van der Waals surface area contributed by atoms with Gasteiger partial charge in [-0.25, -0.2) is 0 Å². The molecule has 0 aliphatic carbocycles. The standard InChI is InChI=1S/C6H5FOS.Zr/c7-9-6-3-1-5(8)2-4-6;/h1-4,8H;/q;+1/p-1. The van der Waals surface area contributed by atoms with Gasteiger partial charge in [-0.3, -0.25) is 0 Å². The Morgan fingerprint density at radius 1 is 1.30 bits per heavy atom. The van der Waals surface area contributed by atoms with E-state index >= 15 is 0 Å². The molecule has 0 bridgehead atoms. The van der Waals surface area contributed by atoms with E-state index in [9.17, 15) is 3.89 Å². The molecule has 1 aromatic carbocycles.